The first-order valence-corrected chi connectivity index (χ1v) is 10.5. The second-order valence-corrected chi connectivity index (χ2v) is 15.2. The Balaban J connectivity index is 2.54. The van der Waals surface area contributed by atoms with Crippen LogP contribution in [-0.2, 0) is 0 Å². The van der Waals surface area contributed by atoms with Crippen molar-refractivity contribution in [2.75, 3.05) is 0 Å². The van der Waals surface area contributed by atoms with E-state index >= 15 is 0 Å². The summed E-state index contributed by atoms with van der Waals surface area (Å²) in [5, 5.41) is 1.63. The van der Waals surface area contributed by atoms with Gasteiger partial charge in [0.15, 0.2) is 0 Å². The third-order valence-electron chi connectivity index (χ3n) is 2.79. The Morgan fingerprint density at radius 2 is 2.00 bits per heavy atom. The van der Waals surface area contributed by atoms with Crippen LogP contribution in [0.25, 0.3) is 0 Å². The summed E-state index contributed by atoms with van der Waals surface area (Å²) in [6.07, 6.45) is 3.07. The zero-order chi connectivity index (χ0) is 6.20. The fourth-order valence-corrected chi connectivity index (χ4v) is 6.94. The van der Waals surface area contributed by atoms with E-state index in [1.54, 1.807) is 5.25 Å². The van der Waals surface area contributed by atoms with Crippen LogP contribution >= 0.6 is 0 Å². The van der Waals surface area contributed by atoms with Gasteiger partial charge in [0.05, 0.1) is 0 Å². The van der Waals surface area contributed by atoms with Crippen molar-refractivity contribution < 1.29 is 0 Å². The van der Waals surface area contributed by atoms with Crippen LogP contribution in [0.15, 0.2) is 0 Å². The van der Waals surface area contributed by atoms with Gasteiger partial charge < -0.3 is 0 Å². The molecule has 1 atom stereocenters. The van der Waals surface area contributed by atoms with Gasteiger partial charge in [-0.1, -0.05) is 0 Å². The molecule has 1 rings (SSSR count). The summed E-state index contributed by atoms with van der Waals surface area (Å²) in [6, 6.07) is 0. The van der Waals surface area contributed by atoms with Gasteiger partial charge in [0, 0.05) is 0 Å². The van der Waals surface area contributed by atoms with Gasteiger partial charge >= 0.3 is 54.5 Å². The molecule has 0 radical (unpaired) electrons. The van der Waals surface area contributed by atoms with Gasteiger partial charge in [-0.15, -0.1) is 0 Å². The average Bonchev–Trinajstić information content (AvgIpc) is 1.86. The van der Waals surface area contributed by atoms with Crippen LogP contribution in [-0.4, -0.2) is 13.3 Å². The van der Waals surface area contributed by atoms with E-state index in [4.69, 9.17) is 0 Å². The van der Waals surface area contributed by atoms with Crippen LogP contribution in [0, 0.1) is 0 Å². The molecule has 0 aromatic rings. The van der Waals surface area contributed by atoms with Crippen molar-refractivity contribution in [2.24, 2.45) is 0 Å². The molecular weight excluding hydrogens is 157 g/mol. The molecule has 1 heterocycles. The quantitative estimate of drug-likeness (QED) is 0.493. The summed E-state index contributed by atoms with van der Waals surface area (Å²) in [5.74, 6) is 5.13. The Bertz CT molecular complexity index is 86.4. The molecule has 0 spiro atoms. The normalized spacial score (nSPS) is 35.6. The Hall–Kier alpha value is 0.543. The van der Waals surface area contributed by atoms with E-state index in [-0.39, 0.29) is 0 Å². The summed E-state index contributed by atoms with van der Waals surface area (Å²) in [7, 11) is 0. The maximum atomic E-state index is 2.57. The van der Waals surface area contributed by atoms with Gasteiger partial charge in [-0.25, -0.2) is 0 Å². The second-order valence-electron chi connectivity index (χ2n) is 3.78. The van der Waals surface area contributed by atoms with Crippen LogP contribution < -0.4 is 0 Å². The standard InChI is InChI=1S/C7H16Ge/c1-7-5-4-6-8(7,2)3/h7H,4-6H2,1-3H3. The number of rotatable bonds is 0. The van der Waals surface area contributed by atoms with Gasteiger partial charge in [0.25, 0.3) is 0 Å². The third kappa shape index (κ3) is 1.10. The predicted octanol–water partition coefficient (Wildman–Crippen LogP) is 2.88. The molecule has 0 aliphatic carbocycles. The molecule has 0 nitrogen and oxygen atoms in total. The Kier molecular flexibility index (Phi) is 1.71. The van der Waals surface area contributed by atoms with Crippen LogP contribution in [0.5, 0.6) is 0 Å². The van der Waals surface area contributed by atoms with E-state index in [0.29, 0.717) is 0 Å². The van der Waals surface area contributed by atoms with Crippen molar-refractivity contribution >= 4 is 13.3 Å². The zero-order valence-corrected chi connectivity index (χ0v) is 8.30. The van der Waals surface area contributed by atoms with Gasteiger partial charge in [0.1, 0.15) is 0 Å². The summed E-state index contributed by atoms with van der Waals surface area (Å²) in [6.45, 7) is 2.45. The summed E-state index contributed by atoms with van der Waals surface area (Å²) in [5.41, 5.74) is 0. The fraction of sp³-hybridized carbons (Fsp3) is 1.00. The van der Waals surface area contributed by atoms with Gasteiger partial charge in [-0.2, -0.15) is 0 Å². The first-order chi connectivity index (χ1) is 3.63. The van der Waals surface area contributed by atoms with Crippen LogP contribution in [0.4, 0.5) is 0 Å². The van der Waals surface area contributed by atoms with Gasteiger partial charge in [0.2, 0.25) is 0 Å². The van der Waals surface area contributed by atoms with Crippen molar-refractivity contribution in [1.29, 1.82) is 0 Å². The first-order valence-electron chi connectivity index (χ1n) is 3.63. The monoisotopic (exact) mass is 174 g/mol. The summed E-state index contributed by atoms with van der Waals surface area (Å²) in [4.78, 5) is 0. The summed E-state index contributed by atoms with van der Waals surface area (Å²) < 4.78 is 1.15. The maximum absolute atomic E-state index is 2.57. The van der Waals surface area contributed by atoms with E-state index in [9.17, 15) is 0 Å². The first kappa shape index (κ1) is 6.66. The van der Waals surface area contributed by atoms with Crippen LogP contribution in [0.2, 0.25) is 21.5 Å². The average molecular weight is 173 g/mol. The van der Waals surface area contributed by atoms with E-state index in [2.05, 4.69) is 18.4 Å². The Morgan fingerprint density at radius 3 is 2.12 bits per heavy atom. The van der Waals surface area contributed by atoms with E-state index in [1.165, 1.54) is 12.8 Å². The molecule has 0 N–H and O–H groups in total. The van der Waals surface area contributed by atoms with Gasteiger partial charge in [-0.05, 0) is 0 Å². The molecule has 0 aromatic heterocycles. The molecule has 1 saturated heterocycles. The summed E-state index contributed by atoms with van der Waals surface area (Å²) >= 11 is -1.10. The molecule has 0 bridgehead atoms. The van der Waals surface area contributed by atoms with Crippen molar-refractivity contribution in [3.05, 3.63) is 0 Å². The second kappa shape index (κ2) is 2.05. The molecule has 8 heavy (non-hydrogen) atoms. The molecule has 0 aromatic carbocycles. The SMILES string of the molecule is C[CH]1CC[CH2][Ge]1([CH3])[CH3]. The number of hydrogen-bond donors (Lipinski definition) is 0. The predicted molar refractivity (Wildman–Crippen MR) is 40.9 cm³/mol. The molecule has 1 aliphatic heterocycles. The molecule has 1 fully saturated rings. The minimum absolute atomic E-state index is 1.10. The topological polar surface area (TPSA) is 0 Å². The number of hydrogen-bond acceptors (Lipinski definition) is 0. The van der Waals surface area contributed by atoms with E-state index in [0.717, 1.165) is 4.75 Å². The molecule has 1 aliphatic rings. The molecule has 48 valence electrons. The third-order valence-corrected chi connectivity index (χ3v) is 12.4. The zero-order valence-electron chi connectivity index (χ0n) is 6.20. The van der Waals surface area contributed by atoms with Crippen molar-refractivity contribution in [1.82, 2.24) is 0 Å². The Labute approximate surface area is 55.0 Å². The van der Waals surface area contributed by atoms with Crippen molar-refractivity contribution in [3.63, 3.8) is 0 Å². The van der Waals surface area contributed by atoms with Crippen LogP contribution in [0.3, 0.4) is 0 Å². The fourth-order valence-electron chi connectivity index (χ4n) is 1.50. The van der Waals surface area contributed by atoms with Crippen molar-refractivity contribution in [2.45, 2.75) is 41.3 Å². The Morgan fingerprint density at radius 1 is 1.38 bits per heavy atom. The molecule has 0 amide bonds. The van der Waals surface area contributed by atoms with Gasteiger partial charge in [-0.3, -0.25) is 0 Å². The van der Waals surface area contributed by atoms with Crippen molar-refractivity contribution in [3.8, 4) is 0 Å². The van der Waals surface area contributed by atoms with Crippen LogP contribution in [0.1, 0.15) is 19.8 Å². The van der Waals surface area contributed by atoms with E-state index in [1.807, 2.05) is 0 Å². The molecule has 1 unspecified atom stereocenters. The molecule has 1 heteroatoms. The molecule has 0 saturated carbocycles. The van der Waals surface area contributed by atoms with E-state index < -0.39 is 13.3 Å². The molecular formula is C7H16Ge. The minimum atomic E-state index is -1.10.